The third-order valence-corrected chi connectivity index (χ3v) is 4.62. The molecule has 0 aliphatic rings. The van der Waals surface area contributed by atoms with Crippen LogP contribution in [0.4, 0.5) is 0 Å². The van der Waals surface area contributed by atoms with Crippen LogP contribution in [-0.2, 0) is 6.61 Å². The van der Waals surface area contributed by atoms with Gasteiger partial charge < -0.3 is 9.94 Å². The van der Waals surface area contributed by atoms with Crippen molar-refractivity contribution in [3.63, 3.8) is 0 Å². The molecule has 7 heteroatoms. The van der Waals surface area contributed by atoms with Crippen molar-refractivity contribution in [2.45, 2.75) is 18.7 Å². The highest BCUT2D eigenvalue weighted by molar-refractivity contribution is 7.98. The molecule has 0 aliphatic heterocycles. The monoisotopic (exact) mass is 393 g/mol. The van der Waals surface area contributed by atoms with Crippen LogP contribution < -0.4 is 4.74 Å². The first-order chi connectivity index (χ1) is 13.6. The lowest BCUT2D eigenvalue weighted by molar-refractivity contribution is 0.106. The number of thioether (sulfide) groups is 1. The van der Waals surface area contributed by atoms with E-state index in [2.05, 4.69) is 15.1 Å². The van der Waals surface area contributed by atoms with E-state index in [1.165, 1.54) is 24.0 Å². The minimum atomic E-state index is -0.446. The molecule has 28 heavy (non-hydrogen) atoms. The summed E-state index contributed by atoms with van der Waals surface area (Å²) in [6, 6.07) is 16.4. The molecule has 1 N–H and O–H groups in total. The first-order valence-electron chi connectivity index (χ1n) is 8.54. The van der Waals surface area contributed by atoms with E-state index in [1.807, 2.05) is 43.5 Å². The fourth-order valence-electron chi connectivity index (χ4n) is 2.55. The molecule has 0 spiro atoms. The summed E-state index contributed by atoms with van der Waals surface area (Å²) in [7, 11) is 0. The van der Waals surface area contributed by atoms with Gasteiger partial charge in [-0.15, -0.1) is 0 Å². The molecule has 0 saturated heterocycles. The second kappa shape index (κ2) is 9.14. The zero-order valence-corrected chi connectivity index (χ0v) is 16.3. The van der Waals surface area contributed by atoms with E-state index in [4.69, 9.17) is 4.74 Å². The van der Waals surface area contributed by atoms with Gasteiger partial charge in [0.05, 0.1) is 0 Å². The Balaban J connectivity index is 1.84. The van der Waals surface area contributed by atoms with Gasteiger partial charge in [0.15, 0.2) is 10.9 Å². The van der Waals surface area contributed by atoms with Gasteiger partial charge in [0, 0.05) is 11.8 Å². The van der Waals surface area contributed by atoms with Crippen LogP contribution in [0, 0.1) is 6.92 Å². The highest BCUT2D eigenvalue weighted by atomic mass is 32.2. The van der Waals surface area contributed by atoms with Gasteiger partial charge in [-0.2, -0.15) is 0 Å². The lowest BCUT2D eigenvalue weighted by Crippen LogP contribution is -2.18. The van der Waals surface area contributed by atoms with Gasteiger partial charge in [0.2, 0.25) is 5.78 Å². The summed E-state index contributed by atoms with van der Waals surface area (Å²) in [6.45, 7) is 2.30. The molecular formula is C21H19N3O3S. The van der Waals surface area contributed by atoms with E-state index in [-0.39, 0.29) is 11.4 Å². The zero-order chi connectivity index (χ0) is 19.9. The molecule has 0 fully saturated rings. The maximum Gasteiger partial charge on any atom is 0.217 e. The van der Waals surface area contributed by atoms with Crippen LogP contribution in [0.25, 0.3) is 0 Å². The Morgan fingerprint density at radius 2 is 1.96 bits per heavy atom. The largest absolute Gasteiger partial charge is 0.489 e. The Hall–Kier alpha value is -3.19. The van der Waals surface area contributed by atoms with Crippen molar-refractivity contribution in [1.82, 2.24) is 9.97 Å². The molecule has 0 amide bonds. The number of benzene rings is 2. The molecule has 3 aromatic rings. The summed E-state index contributed by atoms with van der Waals surface area (Å²) in [5.74, 6) is 0.150. The highest BCUT2D eigenvalue weighted by Gasteiger charge is 2.20. The molecule has 6 nitrogen and oxygen atoms in total. The molecular weight excluding hydrogens is 374 g/mol. The number of carbonyl (C=O) groups is 1. The first-order valence-corrected chi connectivity index (χ1v) is 9.76. The van der Waals surface area contributed by atoms with Crippen LogP contribution in [0.2, 0.25) is 0 Å². The minimum Gasteiger partial charge on any atom is -0.489 e. The second-order valence-electron chi connectivity index (χ2n) is 5.96. The molecule has 0 atom stereocenters. The molecule has 1 heterocycles. The minimum absolute atomic E-state index is 0.143. The van der Waals surface area contributed by atoms with E-state index in [9.17, 15) is 10.0 Å². The molecule has 0 aliphatic carbocycles. The third-order valence-electron chi connectivity index (χ3n) is 4.06. The molecule has 0 unspecified atom stereocenters. The Kier molecular flexibility index (Phi) is 6.39. The predicted molar refractivity (Wildman–Crippen MR) is 108 cm³/mol. The van der Waals surface area contributed by atoms with Gasteiger partial charge in [-0.1, -0.05) is 59.4 Å². The van der Waals surface area contributed by atoms with Gasteiger partial charge in [0.25, 0.3) is 0 Å². The lowest BCUT2D eigenvalue weighted by Gasteiger charge is -2.11. The maximum atomic E-state index is 12.9. The van der Waals surface area contributed by atoms with E-state index in [0.29, 0.717) is 23.1 Å². The highest BCUT2D eigenvalue weighted by Crippen LogP contribution is 2.22. The van der Waals surface area contributed by atoms with Crippen LogP contribution in [0.15, 0.2) is 71.1 Å². The number of Topliss-reactive ketones (excluding diaryl/α,β-unsaturated/α-hetero) is 1. The van der Waals surface area contributed by atoms with Gasteiger partial charge >= 0.3 is 0 Å². The third kappa shape index (κ3) is 4.55. The first kappa shape index (κ1) is 19.6. The maximum absolute atomic E-state index is 12.9. The summed E-state index contributed by atoms with van der Waals surface area (Å²) < 4.78 is 5.89. The van der Waals surface area contributed by atoms with Gasteiger partial charge in [-0.05, 0) is 36.4 Å². The van der Waals surface area contributed by atoms with Crippen molar-refractivity contribution in [3.05, 3.63) is 83.2 Å². The van der Waals surface area contributed by atoms with E-state index < -0.39 is 5.78 Å². The van der Waals surface area contributed by atoms with Crippen LogP contribution in [-0.4, -0.2) is 32.9 Å². The average Bonchev–Trinajstić information content (AvgIpc) is 2.74. The van der Waals surface area contributed by atoms with Crippen LogP contribution >= 0.6 is 11.8 Å². The molecule has 3 rings (SSSR count). The number of hydrogen-bond donors (Lipinski definition) is 1. The Bertz CT molecular complexity index is 1010. The van der Waals surface area contributed by atoms with E-state index in [1.54, 1.807) is 18.2 Å². The average molecular weight is 393 g/mol. The molecule has 0 bridgehead atoms. The number of carbonyl (C=O) groups excluding carboxylic acids is 1. The van der Waals surface area contributed by atoms with Gasteiger partial charge in [-0.3, -0.25) is 4.79 Å². The Morgan fingerprint density at radius 1 is 1.18 bits per heavy atom. The number of aryl methyl sites for hydroxylation is 1. The number of ether oxygens (including phenoxy) is 1. The summed E-state index contributed by atoms with van der Waals surface area (Å²) in [5.41, 5.74) is 2.41. The zero-order valence-electron chi connectivity index (χ0n) is 15.5. The van der Waals surface area contributed by atoms with Crippen LogP contribution in [0.5, 0.6) is 5.75 Å². The number of nitrogens with zero attached hydrogens (tertiary/aromatic N) is 3. The quantitative estimate of drug-likeness (QED) is 0.162. The second-order valence-corrected chi connectivity index (χ2v) is 6.73. The predicted octanol–water partition coefficient (Wildman–Crippen LogP) is 4.15. The van der Waals surface area contributed by atoms with Crippen molar-refractivity contribution in [1.29, 1.82) is 0 Å². The van der Waals surface area contributed by atoms with Crippen LogP contribution in [0.1, 0.15) is 27.2 Å². The van der Waals surface area contributed by atoms with E-state index >= 15 is 0 Å². The fraction of sp³-hybridized carbons (Fsp3) is 0.143. The Labute approximate surface area is 167 Å². The molecule has 2 aromatic carbocycles. The molecule has 142 valence electrons. The fourth-order valence-corrected chi connectivity index (χ4v) is 2.91. The van der Waals surface area contributed by atoms with Crippen molar-refractivity contribution < 1.29 is 14.7 Å². The SMILES string of the molecule is CSc1nccc(C(=NO)C(=O)c2ccc(C)c(OCc3ccccc3)c2)n1. The lowest BCUT2D eigenvalue weighted by atomic mass is 10.0. The number of hydrogen-bond acceptors (Lipinski definition) is 7. The Morgan fingerprint density at radius 3 is 2.68 bits per heavy atom. The van der Waals surface area contributed by atoms with E-state index in [0.717, 1.165) is 11.1 Å². The molecule has 0 radical (unpaired) electrons. The van der Waals surface area contributed by atoms with Crippen molar-refractivity contribution in [3.8, 4) is 5.75 Å². The number of aromatic nitrogens is 2. The van der Waals surface area contributed by atoms with Crippen molar-refractivity contribution >= 4 is 23.3 Å². The topological polar surface area (TPSA) is 84.7 Å². The van der Waals surface area contributed by atoms with Crippen LogP contribution in [0.3, 0.4) is 0 Å². The standard InChI is InChI=1S/C21H19N3O3S/c1-14-8-9-16(12-18(14)27-13-15-6-4-3-5-7-15)20(25)19(24-26)17-10-11-22-21(23-17)28-2/h3-12,26H,13H2,1-2H3. The number of ketones is 1. The normalized spacial score (nSPS) is 11.3. The van der Waals surface area contributed by atoms with Gasteiger partial charge in [-0.25, -0.2) is 9.97 Å². The summed E-state index contributed by atoms with van der Waals surface area (Å²) >= 11 is 1.34. The molecule has 1 aromatic heterocycles. The van der Waals surface area contributed by atoms with Crippen molar-refractivity contribution in [2.75, 3.05) is 6.26 Å². The van der Waals surface area contributed by atoms with Gasteiger partial charge in [0.1, 0.15) is 18.1 Å². The summed E-state index contributed by atoms with van der Waals surface area (Å²) in [5, 5.41) is 13.1. The summed E-state index contributed by atoms with van der Waals surface area (Å²) in [6.07, 6.45) is 3.35. The smallest absolute Gasteiger partial charge is 0.217 e. The van der Waals surface area contributed by atoms with Crippen molar-refractivity contribution in [2.24, 2.45) is 5.16 Å². The molecule has 0 saturated carbocycles. The number of oxime groups is 1. The summed E-state index contributed by atoms with van der Waals surface area (Å²) in [4.78, 5) is 21.2. The number of rotatable bonds is 7.